The Bertz CT molecular complexity index is 1320. The van der Waals surface area contributed by atoms with Gasteiger partial charge in [-0.05, 0) is 62.2 Å². The van der Waals surface area contributed by atoms with Crippen LogP contribution in [0.2, 0.25) is 0 Å². The van der Waals surface area contributed by atoms with Crippen molar-refractivity contribution in [3.63, 3.8) is 0 Å². The molecular formula is C22H21FN6O2. The molecule has 5 rings (SSSR count). The lowest BCUT2D eigenvalue weighted by molar-refractivity contribution is 0.0944. The maximum absolute atomic E-state index is 14.0. The molecule has 1 fully saturated rings. The lowest BCUT2D eigenvalue weighted by Crippen LogP contribution is -2.35. The van der Waals surface area contributed by atoms with E-state index in [0.29, 0.717) is 34.6 Å². The average Bonchev–Trinajstić information content (AvgIpc) is 3.15. The minimum atomic E-state index is -0.500. The number of nitrogens with zero attached hydrogens (tertiary/aromatic N) is 3. The van der Waals surface area contributed by atoms with Crippen LogP contribution in [-0.2, 0) is 0 Å². The molecule has 3 N–H and O–H groups in total. The number of aromatic amines is 1. The van der Waals surface area contributed by atoms with Crippen LogP contribution in [0, 0.1) is 11.7 Å². The average molecular weight is 420 g/mol. The third kappa shape index (κ3) is 3.57. The molecule has 0 radical (unpaired) electrons. The summed E-state index contributed by atoms with van der Waals surface area (Å²) in [6.07, 6.45) is 2.12. The van der Waals surface area contributed by atoms with Gasteiger partial charge in [-0.25, -0.2) is 9.07 Å². The molecule has 1 saturated heterocycles. The second-order valence-corrected chi connectivity index (χ2v) is 7.76. The molecule has 0 aliphatic carbocycles. The highest BCUT2D eigenvalue weighted by molar-refractivity contribution is 6.01. The van der Waals surface area contributed by atoms with Crippen LogP contribution in [0.25, 0.3) is 27.6 Å². The van der Waals surface area contributed by atoms with Crippen LogP contribution < -0.4 is 16.2 Å². The lowest BCUT2D eigenvalue weighted by Gasteiger charge is -2.22. The molecular weight excluding hydrogens is 399 g/mol. The molecule has 2 aromatic carbocycles. The van der Waals surface area contributed by atoms with E-state index in [1.807, 2.05) is 0 Å². The number of hydrogen-bond acceptors (Lipinski definition) is 5. The lowest BCUT2D eigenvalue weighted by atomic mass is 9.98. The molecule has 9 heteroatoms. The van der Waals surface area contributed by atoms with E-state index in [0.717, 1.165) is 25.9 Å². The van der Waals surface area contributed by atoms with Crippen LogP contribution in [0.15, 0.2) is 47.3 Å². The normalized spacial score (nSPS) is 14.9. The third-order valence-corrected chi connectivity index (χ3v) is 5.77. The maximum atomic E-state index is 14.0. The number of H-pyrrole nitrogens is 1. The molecule has 8 nitrogen and oxygen atoms in total. The highest BCUT2D eigenvalue weighted by atomic mass is 19.1. The minimum absolute atomic E-state index is 0.101. The summed E-state index contributed by atoms with van der Waals surface area (Å²) >= 11 is 0. The van der Waals surface area contributed by atoms with Crippen LogP contribution in [0.1, 0.15) is 23.2 Å². The Morgan fingerprint density at radius 1 is 1.10 bits per heavy atom. The molecule has 1 aliphatic rings. The van der Waals surface area contributed by atoms with Crippen LogP contribution in [0.4, 0.5) is 4.39 Å². The quantitative estimate of drug-likeness (QED) is 0.469. The van der Waals surface area contributed by atoms with Crippen molar-refractivity contribution >= 4 is 27.8 Å². The molecule has 3 heterocycles. The number of benzene rings is 2. The number of aromatic nitrogens is 4. The second kappa shape index (κ2) is 7.92. The van der Waals surface area contributed by atoms with Crippen LogP contribution in [0.5, 0.6) is 0 Å². The Morgan fingerprint density at radius 3 is 2.61 bits per heavy atom. The number of rotatable bonds is 4. The molecule has 0 saturated carbocycles. The third-order valence-electron chi connectivity index (χ3n) is 5.77. The van der Waals surface area contributed by atoms with Crippen molar-refractivity contribution in [3.05, 3.63) is 64.2 Å². The summed E-state index contributed by atoms with van der Waals surface area (Å²) in [5.41, 5.74) is 1.32. The molecule has 0 bridgehead atoms. The number of halogens is 1. The van der Waals surface area contributed by atoms with Crippen molar-refractivity contribution in [2.75, 3.05) is 19.6 Å². The smallest absolute Gasteiger partial charge is 0.299 e. The molecule has 2 aromatic heterocycles. The number of hydrogen-bond donors (Lipinski definition) is 3. The molecule has 31 heavy (non-hydrogen) atoms. The standard InChI is InChI=1S/C22H21FN6O2/c23-17-3-1-2-16-18(17)26-27-20-19(16)28-29(22(20)31)15-6-4-14(5-7-15)21(30)25-12-13-8-10-24-11-9-13/h1-7,13,24,28H,8-12H2,(H,25,30). The molecule has 0 unspecified atom stereocenters. The van der Waals surface area contributed by atoms with Crippen LogP contribution in [0.3, 0.4) is 0 Å². The van der Waals surface area contributed by atoms with Gasteiger partial charge in [0.05, 0.1) is 11.2 Å². The fourth-order valence-corrected chi connectivity index (χ4v) is 4.00. The number of nitrogens with one attached hydrogen (secondary N) is 3. The summed E-state index contributed by atoms with van der Waals surface area (Å²) in [5, 5.41) is 17.5. The van der Waals surface area contributed by atoms with Crippen molar-refractivity contribution < 1.29 is 9.18 Å². The molecule has 0 spiro atoms. The summed E-state index contributed by atoms with van der Waals surface area (Å²) < 4.78 is 15.3. The summed E-state index contributed by atoms with van der Waals surface area (Å²) in [6, 6.07) is 11.3. The highest BCUT2D eigenvalue weighted by Gasteiger charge is 2.17. The summed E-state index contributed by atoms with van der Waals surface area (Å²) in [7, 11) is 0. The second-order valence-electron chi connectivity index (χ2n) is 7.76. The monoisotopic (exact) mass is 420 g/mol. The van der Waals surface area contributed by atoms with Gasteiger partial charge in [0.1, 0.15) is 5.52 Å². The zero-order valence-electron chi connectivity index (χ0n) is 16.7. The fourth-order valence-electron chi connectivity index (χ4n) is 4.00. The highest BCUT2D eigenvalue weighted by Crippen LogP contribution is 2.21. The van der Waals surface area contributed by atoms with E-state index < -0.39 is 11.4 Å². The molecule has 158 valence electrons. The Kier molecular flexibility index (Phi) is 4.95. The number of fused-ring (bicyclic) bond motifs is 3. The van der Waals surface area contributed by atoms with E-state index in [1.165, 1.54) is 10.7 Å². The first-order valence-electron chi connectivity index (χ1n) is 10.3. The van der Waals surface area contributed by atoms with E-state index in [-0.39, 0.29) is 16.9 Å². The van der Waals surface area contributed by atoms with Gasteiger partial charge in [-0.1, -0.05) is 12.1 Å². The van der Waals surface area contributed by atoms with E-state index in [1.54, 1.807) is 36.4 Å². The zero-order chi connectivity index (χ0) is 21.4. The summed E-state index contributed by atoms with van der Waals surface area (Å²) in [4.78, 5) is 25.3. The Morgan fingerprint density at radius 2 is 1.84 bits per heavy atom. The molecule has 0 atom stereocenters. The van der Waals surface area contributed by atoms with E-state index in [9.17, 15) is 14.0 Å². The number of amides is 1. The van der Waals surface area contributed by atoms with Gasteiger partial charge in [0, 0.05) is 17.5 Å². The number of carbonyl (C=O) groups is 1. The largest absolute Gasteiger partial charge is 0.352 e. The van der Waals surface area contributed by atoms with E-state index >= 15 is 0 Å². The predicted octanol–water partition coefficient (Wildman–Crippen LogP) is 2.13. The Labute approximate surface area is 176 Å². The van der Waals surface area contributed by atoms with E-state index in [2.05, 4.69) is 25.9 Å². The van der Waals surface area contributed by atoms with Crippen molar-refractivity contribution in [2.45, 2.75) is 12.8 Å². The minimum Gasteiger partial charge on any atom is -0.352 e. The van der Waals surface area contributed by atoms with Gasteiger partial charge in [0.25, 0.3) is 11.5 Å². The van der Waals surface area contributed by atoms with Crippen molar-refractivity contribution in [1.82, 2.24) is 30.6 Å². The Hall–Kier alpha value is -3.59. The number of piperidine rings is 1. The predicted molar refractivity (Wildman–Crippen MR) is 115 cm³/mol. The van der Waals surface area contributed by atoms with Crippen LogP contribution >= 0.6 is 0 Å². The van der Waals surface area contributed by atoms with Gasteiger partial charge in [0.2, 0.25) is 0 Å². The van der Waals surface area contributed by atoms with Crippen molar-refractivity contribution in [1.29, 1.82) is 0 Å². The summed E-state index contributed by atoms with van der Waals surface area (Å²) in [6.45, 7) is 2.63. The van der Waals surface area contributed by atoms with Crippen molar-refractivity contribution in [3.8, 4) is 5.69 Å². The number of carbonyl (C=O) groups excluding carboxylic acids is 1. The van der Waals surface area contributed by atoms with Crippen LogP contribution in [-0.4, -0.2) is 45.5 Å². The topological polar surface area (TPSA) is 105 Å². The van der Waals surface area contributed by atoms with Gasteiger partial charge >= 0.3 is 0 Å². The fraction of sp³-hybridized carbons (Fsp3) is 0.273. The molecule has 4 aromatic rings. The molecule has 1 aliphatic heterocycles. The SMILES string of the molecule is O=C(NCC1CCNCC1)c1ccc(-n2[nH]c3c(nnc4c(F)cccc43)c2=O)cc1. The zero-order valence-corrected chi connectivity index (χ0v) is 16.7. The van der Waals surface area contributed by atoms with Gasteiger partial charge in [-0.2, -0.15) is 0 Å². The first-order chi connectivity index (χ1) is 15.1. The van der Waals surface area contributed by atoms with Gasteiger partial charge in [-0.3, -0.25) is 14.7 Å². The van der Waals surface area contributed by atoms with E-state index in [4.69, 9.17) is 0 Å². The van der Waals surface area contributed by atoms with Crippen molar-refractivity contribution in [2.24, 2.45) is 5.92 Å². The van der Waals surface area contributed by atoms with Gasteiger partial charge in [-0.15, -0.1) is 10.2 Å². The molecule has 1 amide bonds. The first kappa shape index (κ1) is 19.4. The Balaban J connectivity index is 1.41. The maximum Gasteiger partial charge on any atom is 0.299 e. The summed E-state index contributed by atoms with van der Waals surface area (Å²) in [5.74, 6) is -0.142. The van der Waals surface area contributed by atoms with Gasteiger partial charge < -0.3 is 10.6 Å². The van der Waals surface area contributed by atoms with Gasteiger partial charge in [0.15, 0.2) is 11.3 Å². The first-order valence-corrected chi connectivity index (χ1v) is 10.3.